The number of carbonyl (C=O) groups excluding carboxylic acids is 1. The van der Waals surface area contributed by atoms with Gasteiger partial charge in [-0.2, -0.15) is 0 Å². The van der Waals surface area contributed by atoms with Crippen LogP contribution in [0.1, 0.15) is 19.3 Å². The molecule has 2 fully saturated rings. The van der Waals surface area contributed by atoms with Gasteiger partial charge in [-0.15, -0.1) is 0 Å². The van der Waals surface area contributed by atoms with Crippen molar-refractivity contribution in [3.05, 3.63) is 24.5 Å². The molecule has 2 atom stereocenters. The van der Waals surface area contributed by atoms with Crippen LogP contribution >= 0.6 is 0 Å². The van der Waals surface area contributed by atoms with Crippen LogP contribution in [0.4, 0.5) is 0 Å². The third-order valence-electron chi connectivity index (χ3n) is 3.27. The summed E-state index contributed by atoms with van der Waals surface area (Å²) < 4.78 is 5.77. The number of carbonyl (C=O) groups is 1. The van der Waals surface area contributed by atoms with E-state index in [1.807, 2.05) is 12.1 Å². The van der Waals surface area contributed by atoms with Crippen LogP contribution in [0.15, 0.2) is 24.5 Å². The summed E-state index contributed by atoms with van der Waals surface area (Å²) in [6, 6.07) is 4.02. The smallest absolute Gasteiger partial charge is 0.237 e. The van der Waals surface area contributed by atoms with E-state index in [1.54, 1.807) is 12.4 Å². The minimum Gasteiger partial charge on any atom is -0.487 e. The molecule has 0 aromatic carbocycles. The average Bonchev–Trinajstić information content (AvgIpc) is 3.07. The van der Waals surface area contributed by atoms with E-state index in [0.29, 0.717) is 19.0 Å². The molecule has 18 heavy (non-hydrogen) atoms. The van der Waals surface area contributed by atoms with Crippen molar-refractivity contribution in [2.75, 3.05) is 6.54 Å². The summed E-state index contributed by atoms with van der Waals surface area (Å²) in [5, 5.41) is 6.21. The number of rotatable bonds is 4. The molecule has 1 aromatic rings. The molecule has 1 saturated carbocycles. The fourth-order valence-corrected chi connectivity index (χ4v) is 2.13. The second-order valence-corrected chi connectivity index (χ2v) is 4.91. The Balaban J connectivity index is 1.50. The van der Waals surface area contributed by atoms with Gasteiger partial charge in [-0.3, -0.25) is 9.78 Å². The first kappa shape index (κ1) is 11.5. The molecular formula is C13H17N3O2. The van der Waals surface area contributed by atoms with E-state index in [0.717, 1.165) is 18.6 Å². The lowest BCUT2D eigenvalue weighted by atomic mass is 10.2. The summed E-state index contributed by atoms with van der Waals surface area (Å²) in [7, 11) is 0. The monoisotopic (exact) mass is 247 g/mol. The Hall–Kier alpha value is -1.62. The van der Waals surface area contributed by atoms with Gasteiger partial charge in [0.2, 0.25) is 5.91 Å². The van der Waals surface area contributed by atoms with E-state index in [1.165, 1.54) is 0 Å². The van der Waals surface area contributed by atoms with Crippen molar-refractivity contribution < 1.29 is 9.53 Å². The maximum Gasteiger partial charge on any atom is 0.237 e. The van der Waals surface area contributed by atoms with Crippen LogP contribution in [-0.4, -0.2) is 35.6 Å². The third kappa shape index (κ3) is 2.79. The zero-order valence-electron chi connectivity index (χ0n) is 10.1. The molecular weight excluding hydrogens is 230 g/mol. The van der Waals surface area contributed by atoms with E-state index in [-0.39, 0.29) is 18.1 Å². The highest BCUT2D eigenvalue weighted by atomic mass is 16.5. The predicted molar refractivity (Wildman–Crippen MR) is 66.2 cm³/mol. The van der Waals surface area contributed by atoms with Gasteiger partial charge in [0.25, 0.3) is 0 Å². The van der Waals surface area contributed by atoms with Crippen LogP contribution < -0.4 is 15.4 Å². The second-order valence-electron chi connectivity index (χ2n) is 4.91. The van der Waals surface area contributed by atoms with Crippen LogP contribution in [0.5, 0.6) is 5.75 Å². The normalized spacial score (nSPS) is 26.9. The number of nitrogens with zero attached hydrogens (tertiary/aromatic N) is 1. The molecule has 2 heterocycles. The van der Waals surface area contributed by atoms with Crippen LogP contribution in [0.3, 0.4) is 0 Å². The van der Waals surface area contributed by atoms with Gasteiger partial charge in [0.05, 0.1) is 12.2 Å². The van der Waals surface area contributed by atoms with Crippen molar-refractivity contribution in [3.8, 4) is 5.75 Å². The molecule has 0 radical (unpaired) electrons. The number of ether oxygens (including phenoxy) is 1. The van der Waals surface area contributed by atoms with Gasteiger partial charge in [0, 0.05) is 25.2 Å². The van der Waals surface area contributed by atoms with Gasteiger partial charge in [-0.1, -0.05) is 0 Å². The Bertz CT molecular complexity index is 420. The summed E-state index contributed by atoms with van der Waals surface area (Å²) in [5.41, 5.74) is 0. The predicted octanol–water partition coefficient (Wildman–Crippen LogP) is 0.469. The van der Waals surface area contributed by atoms with Crippen molar-refractivity contribution >= 4 is 5.91 Å². The Kier molecular flexibility index (Phi) is 3.15. The Morgan fingerprint density at radius 1 is 1.50 bits per heavy atom. The lowest BCUT2D eigenvalue weighted by molar-refractivity contribution is -0.123. The quantitative estimate of drug-likeness (QED) is 0.812. The first-order valence-corrected chi connectivity index (χ1v) is 6.42. The number of amides is 1. The van der Waals surface area contributed by atoms with Crippen LogP contribution in [0, 0.1) is 0 Å². The summed E-state index contributed by atoms with van der Waals surface area (Å²) in [5.74, 6) is 0.863. The zero-order chi connectivity index (χ0) is 12.4. The molecule has 3 rings (SSSR count). The molecule has 1 amide bonds. The molecule has 0 unspecified atom stereocenters. The number of pyridine rings is 1. The SMILES string of the molecule is O=C(NC1CC1)[C@@H]1C[C@H](Oc2cccnc2)CN1. The number of hydrogen-bond donors (Lipinski definition) is 2. The second kappa shape index (κ2) is 4.94. The summed E-state index contributed by atoms with van der Waals surface area (Å²) in [4.78, 5) is 15.9. The van der Waals surface area contributed by atoms with E-state index >= 15 is 0 Å². The molecule has 1 aliphatic carbocycles. The van der Waals surface area contributed by atoms with Gasteiger partial charge in [-0.05, 0) is 25.0 Å². The average molecular weight is 247 g/mol. The van der Waals surface area contributed by atoms with Gasteiger partial charge in [-0.25, -0.2) is 0 Å². The minimum atomic E-state index is -0.118. The topological polar surface area (TPSA) is 63.2 Å². The molecule has 1 aliphatic heterocycles. The van der Waals surface area contributed by atoms with Crippen molar-refractivity contribution in [1.29, 1.82) is 0 Å². The molecule has 5 heteroatoms. The first-order chi connectivity index (χ1) is 8.81. The minimum absolute atomic E-state index is 0.0455. The number of hydrogen-bond acceptors (Lipinski definition) is 4. The fraction of sp³-hybridized carbons (Fsp3) is 0.538. The standard InChI is InChI=1S/C13H17N3O2/c17-13(16-9-3-4-9)12-6-11(8-15-12)18-10-2-1-5-14-7-10/h1-2,5,7,9,11-12,15H,3-4,6,8H2,(H,16,17)/t11-,12-/m0/s1. The van der Waals surface area contributed by atoms with Gasteiger partial charge < -0.3 is 15.4 Å². The highest BCUT2D eigenvalue weighted by Crippen LogP contribution is 2.20. The van der Waals surface area contributed by atoms with Gasteiger partial charge >= 0.3 is 0 Å². The van der Waals surface area contributed by atoms with Crippen molar-refractivity contribution in [2.24, 2.45) is 0 Å². The largest absolute Gasteiger partial charge is 0.487 e. The summed E-state index contributed by atoms with van der Waals surface area (Å²) in [6.45, 7) is 0.706. The van der Waals surface area contributed by atoms with E-state index < -0.39 is 0 Å². The highest BCUT2D eigenvalue weighted by molar-refractivity contribution is 5.82. The van der Waals surface area contributed by atoms with Crippen LogP contribution in [0.2, 0.25) is 0 Å². The van der Waals surface area contributed by atoms with E-state index in [4.69, 9.17) is 4.74 Å². The maximum atomic E-state index is 11.9. The highest BCUT2D eigenvalue weighted by Gasteiger charge is 2.33. The lowest BCUT2D eigenvalue weighted by Gasteiger charge is -2.12. The van der Waals surface area contributed by atoms with E-state index in [2.05, 4.69) is 15.6 Å². The zero-order valence-corrected chi connectivity index (χ0v) is 10.1. The van der Waals surface area contributed by atoms with Crippen molar-refractivity contribution in [2.45, 2.75) is 37.5 Å². The molecule has 2 aliphatic rings. The molecule has 5 nitrogen and oxygen atoms in total. The third-order valence-corrected chi connectivity index (χ3v) is 3.27. The number of nitrogens with one attached hydrogen (secondary N) is 2. The molecule has 96 valence electrons. The lowest BCUT2D eigenvalue weighted by Crippen LogP contribution is -2.41. The van der Waals surface area contributed by atoms with Crippen molar-refractivity contribution in [3.63, 3.8) is 0 Å². The van der Waals surface area contributed by atoms with E-state index in [9.17, 15) is 4.79 Å². The summed E-state index contributed by atoms with van der Waals surface area (Å²) >= 11 is 0. The molecule has 0 bridgehead atoms. The molecule has 2 N–H and O–H groups in total. The molecule has 1 aromatic heterocycles. The summed E-state index contributed by atoms with van der Waals surface area (Å²) in [6.07, 6.45) is 6.41. The fourth-order valence-electron chi connectivity index (χ4n) is 2.13. The molecule has 1 saturated heterocycles. The Morgan fingerprint density at radius 2 is 2.39 bits per heavy atom. The van der Waals surface area contributed by atoms with Gasteiger partial charge in [0.1, 0.15) is 11.9 Å². The Morgan fingerprint density at radius 3 is 3.11 bits per heavy atom. The first-order valence-electron chi connectivity index (χ1n) is 6.42. The van der Waals surface area contributed by atoms with Crippen molar-refractivity contribution in [1.82, 2.24) is 15.6 Å². The van der Waals surface area contributed by atoms with Crippen LogP contribution in [-0.2, 0) is 4.79 Å². The van der Waals surface area contributed by atoms with Crippen LogP contribution in [0.25, 0.3) is 0 Å². The number of aromatic nitrogens is 1. The van der Waals surface area contributed by atoms with Gasteiger partial charge in [0.15, 0.2) is 0 Å². The maximum absolute atomic E-state index is 11.9. The molecule has 0 spiro atoms. The Labute approximate surface area is 106 Å².